The van der Waals surface area contributed by atoms with Gasteiger partial charge in [-0.3, -0.25) is 0 Å². The van der Waals surface area contributed by atoms with Crippen LogP contribution >= 0.6 is 11.6 Å². The van der Waals surface area contributed by atoms with E-state index in [9.17, 15) is 0 Å². The molecule has 0 aliphatic carbocycles. The lowest BCUT2D eigenvalue weighted by molar-refractivity contribution is 1.21. The first-order valence-electron chi connectivity index (χ1n) is 2.89. The third-order valence-corrected chi connectivity index (χ3v) is 1.47. The second-order valence-corrected chi connectivity index (χ2v) is 2.34. The monoisotopic (exact) mass is 169 g/mol. The molecular weight excluding hydrogens is 166 g/mol. The van der Waals surface area contributed by atoms with Crippen LogP contribution in [-0.4, -0.2) is 19.9 Å². The molecule has 5 nitrogen and oxygen atoms in total. The van der Waals surface area contributed by atoms with E-state index in [0.717, 1.165) is 0 Å². The number of nitrogen functional groups attached to an aromatic ring is 1. The minimum Gasteiger partial charge on any atom is -0.382 e. The lowest BCUT2D eigenvalue weighted by atomic mass is 10.5. The topological polar surface area (TPSA) is 80.5 Å². The van der Waals surface area contributed by atoms with Gasteiger partial charge in [0.05, 0.1) is 0 Å². The Balaban J connectivity index is 2.90. The fourth-order valence-corrected chi connectivity index (χ4v) is 0.993. The molecule has 0 unspecified atom stereocenters. The zero-order valence-electron chi connectivity index (χ0n) is 5.37. The Bertz CT molecular complexity index is 395. The highest BCUT2D eigenvalue weighted by Crippen LogP contribution is 2.15. The van der Waals surface area contributed by atoms with Crippen molar-refractivity contribution in [2.45, 2.75) is 0 Å². The molecular formula is C5H4ClN5. The second kappa shape index (κ2) is 2.06. The summed E-state index contributed by atoms with van der Waals surface area (Å²) in [4.78, 5) is 14.2. The number of imidazole rings is 1. The van der Waals surface area contributed by atoms with Gasteiger partial charge in [-0.2, -0.15) is 4.98 Å². The summed E-state index contributed by atoms with van der Waals surface area (Å²) in [5.41, 5.74) is 6.56. The Morgan fingerprint density at radius 3 is 3.00 bits per heavy atom. The first-order valence-corrected chi connectivity index (χ1v) is 3.27. The molecule has 0 aliphatic rings. The molecule has 0 aromatic carbocycles. The highest BCUT2D eigenvalue weighted by Gasteiger charge is 2.03. The first-order chi connectivity index (χ1) is 5.27. The Morgan fingerprint density at radius 2 is 2.27 bits per heavy atom. The SMILES string of the molecule is Nc1ncnc2nc(Cl)[nH]c12. The largest absolute Gasteiger partial charge is 0.382 e. The summed E-state index contributed by atoms with van der Waals surface area (Å²) in [5.74, 6) is 0.356. The first kappa shape index (κ1) is 6.36. The minimum atomic E-state index is 0.271. The van der Waals surface area contributed by atoms with Crippen LogP contribution < -0.4 is 5.73 Å². The van der Waals surface area contributed by atoms with Gasteiger partial charge < -0.3 is 10.7 Å². The van der Waals surface area contributed by atoms with Crippen LogP contribution in [0.5, 0.6) is 0 Å². The number of hydrogen-bond donors (Lipinski definition) is 2. The standard InChI is InChI=1S/C5H4ClN5/c6-5-10-2-3(7)8-1-9-4(2)11-5/h1H,(H3,7,8,9,10,11). The van der Waals surface area contributed by atoms with Crippen molar-refractivity contribution >= 4 is 28.6 Å². The maximum Gasteiger partial charge on any atom is 0.202 e. The zero-order chi connectivity index (χ0) is 7.84. The molecule has 3 N–H and O–H groups in total. The number of nitrogens with zero attached hydrogens (tertiary/aromatic N) is 3. The molecule has 56 valence electrons. The maximum atomic E-state index is 5.57. The summed E-state index contributed by atoms with van der Waals surface area (Å²) in [6.07, 6.45) is 1.34. The number of anilines is 1. The molecule has 0 aliphatic heterocycles. The zero-order valence-corrected chi connectivity index (χ0v) is 6.13. The van der Waals surface area contributed by atoms with Crippen LogP contribution in [-0.2, 0) is 0 Å². The molecule has 2 rings (SSSR count). The van der Waals surface area contributed by atoms with Gasteiger partial charge in [0.15, 0.2) is 11.5 Å². The number of halogens is 1. The second-order valence-electron chi connectivity index (χ2n) is 1.99. The molecule has 0 atom stereocenters. The summed E-state index contributed by atoms with van der Waals surface area (Å²) in [6.45, 7) is 0. The van der Waals surface area contributed by atoms with Crippen LogP contribution in [0.15, 0.2) is 6.33 Å². The molecule has 6 heteroatoms. The van der Waals surface area contributed by atoms with Gasteiger partial charge in [-0.25, -0.2) is 9.97 Å². The fourth-order valence-electron chi connectivity index (χ4n) is 0.818. The van der Waals surface area contributed by atoms with Crippen molar-refractivity contribution in [2.75, 3.05) is 5.73 Å². The van der Waals surface area contributed by atoms with E-state index in [4.69, 9.17) is 17.3 Å². The van der Waals surface area contributed by atoms with Crippen LogP contribution in [0.1, 0.15) is 0 Å². The number of hydrogen-bond acceptors (Lipinski definition) is 4. The van der Waals surface area contributed by atoms with Gasteiger partial charge in [0.2, 0.25) is 5.28 Å². The average Bonchev–Trinajstić information content (AvgIpc) is 2.31. The average molecular weight is 170 g/mol. The third kappa shape index (κ3) is 0.894. The van der Waals surface area contributed by atoms with E-state index in [2.05, 4.69) is 19.9 Å². The Kier molecular flexibility index (Phi) is 1.19. The lowest BCUT2D eigenvalue weighted by Gasteiger charge is -1.89. The Hall–Kier alpha value is -1.36. The molecule has 2 heterocycles. The van der Waals surface area contributed by atoms with Gasteiger partial charge >= 0.3 is 0 Å². The molecule has 2 aromatic rings. The smallest absolute Gasteiger partial charge is 0.202 e. The minimum absolute atomic E-state index is 0.271. The third-order valence-electron chi connectivity index (χ3n) is 1.29. The molecule has 11 heavy (non-hydrogen) atoms. The molecule has 0 radical (unpaired) electrons. The quantitative estimate of drug-likeness (QED) is 0.566. The highest BCUT2D eigenvalue weighted by molar-refractivity contribution is 6.29. The van der Waals surface area contributed by atoms with Crippen LogP contribution in [0.3, 0.4) is 0 Å². The number of fused-ring (bicyclic) bond motifs is 1. The molecule has 2 aromatic heterocycles. The predicted octanol–water partition coefficient (Wildman–Crippen LogP) is 0.589. The van der Waals surface area contributed by atoms with Gasteiger partial charge in [-0.05, 0) is 11.6 Å². The summed E-state index contributed by atoms with van der Waals surface area (Å²) in [6, 6.07) is 0. The number of nitrogens with two attached hydrogens (primary N) is 1. The number of H-pyrrole nitrogens is 1. The Labute approximate surface area is 66.6 Å². The lowest BCUT2D eigenvalue weighted by Crippen LogP contribution is -1.91. The molecule has 0 fully saturated rings. The van der Waals surface area contributed by atoms with Crippen LogP contribution in [0.4, 0.5) is 5.82 Å². The van der Waals surface area contributed by atoms with Crippen molar-refractivity contribution in [3.63, 3.8) is 0 Å². The van der Waals surface area contributed by atoms with E-state index in [0.29, 0.717) is 17.0 Å². The summed E-state index contributed by atoms with van der Waals surface area (Å²) >= 11 is 5.57. The van der Waals surface area contributed by atoms with E-state index in [-0.39, 0.29) is 5.28 Å². The molecule has 0 amide bonds. The molecule has 0 saturated heterocycles. The van der Waals surface area contributed by atoms with Gasteiger partial charge in [-0.1, -0.05) is 0 Å². The van der Waals surface area contributed by atoms with Crippen LogP contribution in [0.25, 0.3) is 11.2 Å². The van der Waals surface area contributed by atoms with Gasteiger partial charge in [0.1, 0.15) is 11.8 Å². The number of nitrogens with one attached hydrogen (secondary N) is 1. The maximum absolute atomic E-state index is 5.57. The summed E-state index contributed by atoms with van der Waals surface area (Å²) in [5, 5.41) is 0.271. The summed E-state index contributed by atoms with van der Waals surface area (Å²) < 4.78 is 0. The van der Waals surface area contributed by atoms with E-state index < -0.39 is 0 Å². The van der Waals surface area contributed by atoms with Gasteiger partial charge in [0.25, 0.3) is 0 Å². The van der Waals surface area contributed by atoms with Gasteiger partial charge in [-0.15, -0.1) is 0 Å². The van der Waals surface area contributed by atoms with E-state index >= 15 is 0 Å². The normalized spacial score (nSPS) is 10.6. The number of rotatable bonds is 0. The van der Waals surface area contributed by atoms with Crippen molar-refractivity contribution in [2.24, 2.45) is 0 Å². The molecule has 0 spiro atoms. The van der Waals surface area contributed by atoms with Crippen LogP contribution in [0, 0.1) is 0 Å². The van der Waals surface area contributed by atoms with E-state index in [1.54, 1.807) is 0 Å². The fraction of sp³-hybridized carbons (Fsp3) is 0. The van der Waals surface area contributed by atoms with Crippen molar-refractivity contribution < 1.29 is 0 Å². The summed E-state index contributed by atoms with van der Waals surface area (Å²) in [7, 11) is 0. The van der Waals surface area contributed by atoms with Gasteiger partial charge in [0, 0.05) is 0 Å². The van der Waals surface area contributed by atoms with Crippen LogP contribution in [0.2, 0.25) is 5.28 Å². The number of aromatic nitrogens is 4. The molecule has 0 bridgehead atoms. The highest BCUT2D eigenvalue weighted by atomic mass is 35.5. The van der Waals surface area contributed by atoms with E-state index in [1.165, 1.54) is 6.33 Å². The Morgan fingerprint density at radius 1 is 1.45 bits per heavy atom. The predicted molar refractivity (Wildman–Crippen MR) is 41.1 cm³/mol. The van der Waals surface area contributed by atoms with E-state index in [1.807, 2.05) is 0 Å². The van der Waals surface area contributed by atoms with Crippen molar-refractivity contribution in [1.82, 2.24) is 19.9 Å². The van der Waals surface area contributed by atoms with Crippen molar-refractivity contribution in [3.8, 4) is 0 Å². The van der Waals surface area contributed by atoms with Crippen molar-refractivity contribution in [3.05, 3.63) is 11.6 Å². The molecule has 0 saturated carbocycles. The number of aromatic amines is 1. The van der Waals surface area contributed by atoms with Crippen molar-refractivity contribution in [1.29, 1.82) is 0 Å².